The van der Waals surface area contributed by atoms with Gasteiger partial charge in [-0.05, 0) is 75.4 Å². The average Bonchev–Trinajstić information content (AvgIpc) is 3.27. The molecule has 0 aliphatic rings. The van der Waals surface area contributed by atoms with E-state index in [-0.39, 0.29) is 18.4 Å². The highest BCUT2D eigenvalue weighted by molar-refractivity contribution is 6.30. The molecule has 0 spiro atoms. The third-order valence-electron chi connectivity index (χ3n) is 5.01. The number of ether oxygens (including phenoxy) is 2. The summed E-state index contributed by atoms with van der Waals surface area (Å²) >= 11 is 6.02. The topological polar surface area (TPSA) is 111 Å². The van der Waals surface area contributed by atoms with E-state index < -0.39 is 11.6 Å². The van der Waals surface area contributed by atoms with Crippen LogP contribution in [-0.2, 0) is 16.1 Å². The lowest BCUT2D eigenvalue weighted by molar-refractivity contribution is -0.127. The number of carbonyl (C=O) groups is 2. The van der Waals surface area contributed by atoms with Crippen molar-refractivity contribution in [1.29, 1.82) is 0 Å². The van der Waals surface area contributed by atoms with E-state index in [2.05, 4.69) is 20.7 Å². The summed E-state index contributed by atoms with van der Waals surface area (Å²) in [7, 11) is 3.08. The second kappa shape index (κ2) is 10.7. The van der Waals surface area contributed by atoms with Crippen LogP contribution in [0.3, 0.4) is 0 Å². The molecule has 1 unspecified atom stereocenters. The number of hydrogen-bond donors (Lipinski definition) is 1. The zero-order valence-corrected chi connectivity index (χ0v) is 21.3. The van der Waals surface area contributed by atoms with Crippen molar-refractivity contribution in [3.63, 3.8) is 0 Å². The average molecular weight is 501 g/mol. The first-order valence-corrected chi connectivity index (χ1v) is 11.3. The number of tetrazole rings is 1. The van der Waals surface area contributed by atoms with Crippen LogP contribution in [0.2, 0.25) is 5.02 Å². The highest BCUT2D eigenvalue weighted by atomic mass is 35.5. The third kappa shape index (κ3) is 6.48. The molecule has 3 rings (SSSR count). The molecule has 10 nitrogen and oxygen atoms in total. The monoisotopic (exact) mass is 500 g/mol. The maximum Gasteiger partial charge on any atom is 0.251 e. The van der Waals surface area contributed by atoms with Crippen LogP contribution in [0.15, 0.2) is 42.5 Å². The maximum absolute atomic E-state index is 13.4. The molecule has 2 aromatic carbocycles. The van der Waals surface area contributed by atoms with Gasteiger partial charge in [0.05, 0.1) is 14.2 Å². The molecule has 1 aromatic heterocycles. The maximum atomic E-state index is 13.4. The third-order valence-corrected chi connectivity index (χ3v) is 5.26. The minimum atomic E-state index is -0.795. The van der Waals surface area contributed by atoms with Crippen molar-refractivity contribution >= 4 is 29.1 Å². The molecule has 0 fully saturated rings. The second-order valence-corrected chi connectivity index (χ2v) is 9.31. The van der Waals surface area contributed by atoms with Gasteiger partial charge in [0.2, 0.25) is 11.7 Å². The molecule has 1 heterocycles. The van der Waals surface area contributed by atoms with Crippen LogP contribution in [0.1, 0.15) is 27.7 Å². The van der Waals surface area contributed by atoms with Crippen LogP contribution in [-0.4, -0.2) is 57.8 Å². The Hall–Kier alpha value is -3.66. The fraction of sp³-hybridized carbons (Fsp3) is 0.375. The fourth-order valence-corrected chi connectivity index (χ4v) is 3.50. The Morgan fingerprint density at radius 1 is 1.09 bits per heavy atom. The summed E-state index contributed by atoms with van der Waals surface area (Å²) < 4.78 is 10.6. The van der Waals surface area contributed by atoms with E-state index in [1.807, 2.05) is 20.8 Å². The number of rotatable bonds is 8. The number of aromatic nitrogens is 4. The van der Waals surface area contributed by atoms with E-state index in [0.717, 1.165) is 0 Å². The zero-order chi connectivity index (χ0) is 25.8. The summed E-state index contributed by atoms with van der Waals surface area (Å²) in [5, 5.41) is 15.8. The Morgan fingerprint density at radius 3 is 2.34 bits per heavy atom. The quantitative estimate of drug-likeness (QED) is 0.504. The SMILES string of the molecule is COc1ccc(-c2nnn(CC(=O)N(c3ccc(Cl)cc3)C(C)C(=O)NC(C)(C)C)n2)cc1OC. The molecule has 2 amide bonds. The Kier molecular flexibility index (Phi) is 7.96. The zero-order valence-electron chi connectivity index (χ0n) is 20.6. The summed E-state index contributed by atoms with van der Waals surface area (Å²) in [6.07, 6.45) is 0. The van der Waals surface area contributed by atoms with Gasteiger partial charge in [-0.25, -0.2) is 0 Å². The first-order valence-electron chi connectivity index (χ1n) is 10.9. The van der Waals surface area contributed by atoms with E-state index in [4.69, 9.17) is 21.1 Å². The van der Waals surface area contributed by atoms with Crippen LogP contribution in [0.5, 0.6) is 11.5 Å². The summed E-state index contributed by atoms with van der Waals surface area (Å²) in [4.78, 5) is 28.9. The van der Waals surface area contributed by atoms with Gasteiger partial charge >= 0.3 is 0 Å². The second-order valence-electron chi connectivity index (χ2n) is 8.87. The van der Waals surface area contributed by atoms with Crippen molar-refractivity contribution in [2.45, 2.75) is 45.8 Å². The van der Waals surface area contributed by atoms with Crippen LogP contribution in [0.4, 0.5) is 5.69 Å². The molecule has 0 saturated heterocycles. The number of carbonyl (C=O) groups excluding carboxylic acids is 2. The van der Waals surface area contributed by atoms with Crippen LogP contribution in [0, 0.1) is 0 Å². The molecule has 1 atom stereocenters. The smallest absolute Gasteiger partial charge is 0.251 e. The first kappa shape index (κ1) is 26.0. The number of halogens is 1. The van der Waals surface area contributed by atoms with Crippen molar-refractivity contribution in [1.82, 2.24) is 25.5 Å². The van der Waals surface area contributed by atoms with Gasteiger partial charge in [0.1, 0.15) is 12.6 Å². The number of methoxy groups -OCH3 is 2. The predicted molar refractivity (Wildman–Crippen MR) is 133 cm³/mol. The fourth-order valence-electron chi connectivity index (χ4n) is 3.37. The number of benzene rings is 2. The molecule has 0 aliphatic heterocycles. The van der Waals surface area contributed by atoms with Gasteiger partial charge in [-0.2, -0.15) is 4.80 Å². The minimum Gasteiger partial charge on any atom is -0.493 e. The molecular formula is C24H29ClN6O4. The summed E-state index contributed by atoms with van der Waals surface area (Å²) in [6.45, 7) is 7.07. The molecule has 0 saturated carbocycles. The standard InChI is InChI=1S/C24H29ClN6O4/c1-15(23(33)26-24(2,3)4)31(18-10-8-17(25)9-11-18)21(32)14-30-28-22(27-29-30)16-7-12-19(34-5)20(13-16)35-6/h7-13,15H,14H2,1-6H3,(H,26,33). The molecule has 3 aromatic rings. The van der Waals surface area contributed by atoms with E-state index in [9.17, 15) is 9.59 Å². The molecule has 11 heteroatoms. The van der Waals surface area contributed by atoms with Gasteiger partial charge in [0, 0.05) is 21.8 Å². The van der Waals surface area contributed by atoms with Gasteiger partial charge in [0.25, 0.3) is 5.91 Å². The van der Waals surface area contributed by atoms with Crippen molar-refractivity contribution < 1.29 is 19.1 Å². The Morgan fingerprint density at radius 2 is 1.74 bits per heavy atom. The number of hydrogen-bond acceptors (Lipinski definition) is 7. The van der Waals surface area contributed by atoms with Crippen LogP contribution in [0.25, 0.3) is 11.4 Å². The van der Waals surface area contributed by atoms with E-state index >= 15 is 0 Å². The highest BCUT2D eigenvalue weighted by Crippen LogP contribution is 2.30. The Labute approximate surface area is 209 Å². The van der Waals surface area contributed by atoms with Crippen LogP contribution < -0.4 is 19.7 Å². The molecular weight excluding hydrogens is 472 g/mol. The molecule has 35 heavy (non-hydrogen) atoms. The lowest BCUT2D eigenvalue weighted by Crippen LogP contribution is -2.53. The van der Waals surface area contributed by atoms with Gasteiger partial charge in [-0.3, -0.25) is 14.5 Å². The van der Waals surface area contributed by atoms with Crippen molar-refractivity contribution in [2.75, 3.05) is 19.1 Å². The van der Waals surface area contributed by atoms with Crippen molar-refractivity contribution in [3.8, 4) is 22.9 Å². The van der Waals surface area contributed by atoms with E-state index in [0.29, 0.717) is 33.6 Å². The number of nitrogens with zero attached hydrogens (tertiary/aromatic N) is 5. The van der Waals surface area contributed by atoms with E-state index in [1.54, 1.807) is 56.5 Å². The van der Waals surface area contributed by atoms with Crippen LogP contribution >= 0.6 is 11.6 Å². The minimum absolute atomic E-state index is 0.226. The lowest BCUT2D eigenvalue weighted by Gasteiger charge is -2.31. The van der Waals surface area contributed by atoms with Crippen molar-refractivity contribution in [3.05, 3.63) is 47.5 Å². The largest absolute Gasteiger partial charge is 0.493 e. The Bertz CT molecular complexity index is 1190. The highest BCUT2D eigenvalue weighted by Gasteiger charge is 2.30. The molecule has 1 N–H and O–H groups in total. The predicted octanol–water partition coefficient (Wildman–Crippen LogP) is 3.35. The molecule has 0 bridgehead atoms. The van der Waals surface area contributed by atoms with Gasteiger partial charge in [0.15, 0.2) is 11.5 Å². The lowest BCUT2D eigenvalue weighted by atomic mass is 10.1. The summed E-state index contributed by atoms with van der Waals surface area (Å²) in [5.41, 5.74) is 0.715. The van der Waals surface area contributed by atoms with Gasteiger partial charge < -0.3 is 14.8 Å². The molecule has 0 aliphatic carbocycles. The van der Waals surface area contributed by atoms with Gasteiger partial charge in [-0.15, -0.1) is 10.2 Å². The number of amides is 2. The molecule has 0 radical (unpaired) electrons. The number of anilines is 1. The molecule has 186 valence electrons. The summed E-state index contributed by atoms with van der Waals surface area (Å²) in [5.74, 6) is 0.721. The Balaban J connectivity index is 1.86. The summed E-state index contributed by atoms with van der Waals surface area (Å²) in [6, 6.07) is 11.1. The van der Waals surface area contributed by atoms with Crippen molar-refractivity contribution in [2.24, 2.45) is 0 Å². The normalized spacial score (nSPS) is 12.1. The van der Waals surface area contributed by atoms with Gasteiger partial charge in [-0.1, -0.05) is 11.6 Å². The van der Waals surface area contributed by atoms with E-state index in [1.165, 1.54) is 16.8 Å². The first-order chi connectivity index (χ1) is 16.5. The number of nitrogens with one attached hydrogen (secondary N) is 1.